The van der Waals surface area contributed by atoms with Crippen LogP contribution in [0.1, 0.15) is 5.69 Å². The van der Waals surface area contributed by atoms with Crippen LogP contribution in [-0.2, 0) is 0 Å². The number of hydrogen-bond donors (Lipinski definition) is 1. The summed E-state index contributed by atoms with van der Waals surface area (Å²) in [4.78, 5) is 8.30. The van der Waals surface area contributed by atoms with Crippen LogP contribution < -0.4 is 5.73 Å². The second-order valence-electron chi connectivity index (χ2n) is 3.49. The van der Waals surface area contributed by atoms with Crippen molar-refractivity contribution in [3.05, 3.63) is 39.2 Å². The van der Waals surface area contributed by atoms with E-state index in [-0.39, 0.29) is 0 Å². The van der Waals surface area contributed by atoms with E-state index in [1.54, 1.807) is 13.0 Å². The molecule has 0 atom stereocenters. The minimum atomic E-state index is -0.435. The first-order chi connectivity index (χ1) is 7.97. The highest BCUT2D eigenvalue weighted by molar-refractivity contribution is 9.10. The molecule has 1 heterocycles. The van der Waals surface area contributed by atoms with Gasteiger partial charge in [-0.25, -0.2) is 14.4 Å². The molecule has 0 aliphatic heterocycles. The zero-order chi connectivity index (χ0) is 12.6. The molecule has 0 amide bonds. The van der Waals surface area contributed by atoms with Crippen molar-refractivity contribution < 1.29 is 4.39 Å². The molecule has 0 spiro atoms. The largest absolute Gasteiger partial charge is 0.383 e. The molecule has 0 saturated heterocycles. The third kappa shape index (κ3) is 2.56. The molecule has 0 aliphatic carbocycles. The molecular weight excluding hydrogens is 308 g/mol. The van der Waals surface area contributed by atoms with Crippen molar-refractivity contribution in [3.8, 4) is 11.4 Å². The van der Waals surface area contributed by atoms with E-state index in [1.807, 2.05) is 0 Å². The zero-order valence-corrected chi connectivity index (χ0v) is 11.2. The molecule has 17 heavy (non-hydrogen) atoms. The Kier molecular flexibility index (Phi) is 3.31. The lowest BCUT2D eigenvalue weighted by atomic mass is 10.2. The first kappa shape index (κ1) is 12.3. The number of hydrogen-bond acceptors (Lipinski definition) is 3. The highest BCUT2D eigenvalue weighted by Gasteiger charge is 2.10. The maximum absolute atomic E-state index is 13.2. The fourth-order valence-corrected chi connectivity index (χ4v) is 1.79. The molecule has 0 bridgehead atoms. The smallest absolute Gasteiger partial charge is 0.161 e. The fraction of sp³-hybridized carbons (Fsp3) is 0.0909. The third-order valence-electron chi connectivity index (χ3n) is 2.16. The topological polar surface area (TPSA) is 51.8 Å². The van der Waals surface area contributed by atoms with E-state index in [0.717, 1.165) is 0 Å². The molecule has 3 nitrogen and oxygen atoms in total. The summed E-state index contributed by atoms with van der Waals surface area (Å²) in [6.45, 7) is 1.78. The average molecular weight is 317 g/mol. The quantitative estimate of drug-likeness (QED) is 0.874. The van der Waals surface area contributed by atoms with Crippen LogP contribution >= 0.6 is 27.5 Å². The Bertz CT molecular complexity index is 546. The van der Waals surface area contributed by atoms with Gasteiger partial charge >= 0.3 is 0 Å². The minimum Gasteiger partial charge on any atom is -0.383 e. The maximum atomic E-state index is 13.2. The lowest BCUT2D eigenvalue weighted by Gasteiger charge is -2.06. The first-order valence-corrected chi connectivity index (χ1v) is 5.90. The third-order valence-corrected chi connectivity index (χ3v) is 3.36. The number of halogens is 3. The van der Waals surface area contributed by atoms with Gasteiger partial charge in [0.05, 0.1) is 10.2 Å². The fourth-order valence-electron chi connectivity index (χ4n) is 1.39. The van der Waals surface area contributed by atoms with Gasteiger partial charge < -0.3 is 5.73 Å². The van der Waals surface area contributed by atoms with Gasteiger partial charge in [-0.05, 0) is 41.1 Å². The molecule has 2 rings (SSSR count). The van der Waals surface area contributed by atoms with Crippen molar-refractivity contribution in [1.29, 1.82) is 0 Å². The van der Waals surface area contributed by atoms with Crippen molar-refractivity contribution in [2.45, 2.75) is 6.92 Å². The van der Waals surface area contributed by atoms with E-state index < -0.39 is 5.82 Å². The average Bonchev–Trinajstić information content (AvgIpc) is 2.23. The summed E-state index contributed by atoms with van der Waals surface area (Å²) in [5.74, 6) is 0.229. The number of anilines is 1. The zero-order valence-electron chi connectivity index (χ0n) is 8.84. The van der Waals surface area contributed by atoms with Gasteiger partial charge in [0.1, 0.15) is 11.6 Å². The highest BCUT2D eigenvalue weighted by Crippen LogP contribution is 2.26. The summed E-state index contributed by atoms with van der Waals surface area (Å²) in [6, 6.07) is 4.13. The van der Waals surface area contributed by atoms with Gasteiger partial charge in [0.15, 0.2) is 5.82 Å². The number of rotatable bonds is 1. The second-order valence-corrected chi connectivity index (χ2v) is 4.72. The van der Waals surface area contributed by atoms with E-state index in [2.05, 4.69) is 25.9 Å². The Morgan fingerprint density at radius 2 is 2.00 bits per heavy atom. The minimum absolute atomic E-state index is 0.294. The molecule has 0 unspecified atom stereocenters. The Hall–Kier alpha value is -1.20. The number of nitrogen functional groups attached to an aromatic ring is 1. The van der Waals surface area contributed by atoms with Crippen LogP contribution in [0.3, 0.4) is 0 Å². The van der Waals surface area contributed by atoms with Crippen LogP contribution in [0.15, 0.2) is 22.7 Å². The van der Waals surface area contributed by atoms with Gasteiger partial charge in [0.25, 0.3) is 0 Å². The monoisotopic (exact) mass is 315 g/mol. The summed E-state index contributed by atoms with van der Waals surface area (Å²) < 4.78 is 13.9. The van der Waals surface area contributed by atoms with Crippen LogP contribution in [-0.4, -0.2) is 9.97 Å². The normalized spacial score (nSPS) is 10.6. The molecule has 2 aromatic rings. The van der Waals surface area contributed by atoms with Crippen LogP contribution in [0.2, 0.25) is 5.02 Å². The summed E-state index contributed by atoms with van der Waals surface area (Å²) in [5.41, 5.74) is 6.90. The van der Waals surface area contributed by atoms with Crippen LogP contribution in [0.25, 0.3) is 11.4 Å². The predicted octanol–water partition coefficient (Wildman–Crippen LogP) is 3.59. The number of aryl methyl sites for hydroxylation is 1. The van der Waals surface area contributed by atoms with Crippen LogP contribution in [0.4, 0.5) is 10.2 Å². The SMILES string of the molecule is Cc1nc(-c2cc(F)cc(Cl)c2)nc(N)c1Br. The molecule has 1 aromatic carbocycles. The predicted molar refractivity (Wildman–Crippen MR) is 69.3 cm³/mol. The molecule has 0 aliphatic rings. The molecule has 0 radical (unpaired) electrons. The molecule has 2 N–H and O–H groups in total. The Morgan fingerprint density at radius 3 is 2.59 bits per heavy atom. The van der Waals surface area contributed by atoms with Gasteiger partial charge in [0, 0.05) is 10.6 Å². The molecule has 0 fully saturated rings. The molecule has 6 heteroatoms. The molecule has 88 valence electrons. The van der Waals surface area contributed by atoms with Crippen molar-refractivity contribution in [1.82, 2.24) is 9.97 Å². The van der Waals surface area contributed by atoms with Crippen molar-refractivity contribution in [2.24, 2.45) is 0 Å². The standard InChI is InChI=1S/C11H8BrClFN3/c1-5-9(12)10(15)17-11(16-5)6-2-7(13)4-8(14)3-6/h2-4H,1H3,(H2,15,16,17). The first-order valence-electron chi connectivity index (χ1n) is 4.73. The van der Waals surface area contributed by atoms with E-state index in [9.17, 15) is 4.39 Å². The van der Waals surface area contributed by atoms with Crippen molar-refractivity contribution in [2.75, 3.05) is 5.73 Å². The van der Waals surface area contributed by atoms with E-state index >= 15 is 0 Å². The number of nitrogens with zero attached hydrogens (tertiary/aromatic N) is 2. The maximum Gasteiger partial charge on any atom is 0.161 e. The Balaban J connectivity index is 2.60. The summed E-state index contributed by atoms with van der Waals surface area (Å²) in [5, 5.41) is 0.294. The van der Waals surface area contributed by atoms with Gasteiger partial charge in [-0.3, -0.25) is 0 Å². The highest BCUT2D eigenvalue weighted by atomic mass is 79.9. The lowest BCUT2D eigenvalue weighted by molar-refractivity contribution is 0.628. The Morgan fingerprint density at radius 1 is 1.29 bits per heavy atom. The summed E-state index contributed by atoms with van der Waals surface area (Å²) in [6.07, 6.45) is 0. The van der Waals surface area contributed by atoms with Crippen LogP contribution in [0.5, 0.6) is 0 Å². The van der Waals surface area contributed by atoms with E-state index in [1.165, 1.54) is 12.1 Å². The number of benzene rings is 1. The lowest BCUT2D eigenvalue weighted by Crippen LogP contribution is -2.00. The van der Waals surface area contributed by atoms with E-state index in [0.29, 0.717) is 32.4 Å². The molecular formula is C11H8BrClFN3. The van der Waals surface area contributed by atoms with Gasteiger partial charge in [-0.1, -0.05) is 11.6 Å². The second kappa shape index (κ2) is 4.58. The number of nitrogens with two attached hydrogens (primary N) is 1. The van der Waals surface area contributed by atoms with E-state index in [4.69, 9.17) is 17.3 Å². The van der Waals surface area contributed by atoms with Gasteiger partial charge in [-0.2, -0.15) is 0 Å². The van der Waals surface area contributed by atoms with Crippen molar-refractivity contribution >= 4 is 33.3 Å². The molecule has 0 saturated carbocycles. The number of aromatic nitrogens is 2. The van der Waals surface area contributed by atoms with Gasteiger partial charge in [0.2, 0.25) is 0 Å². The Labute approximate surface area is 111 Å². The summed E-state index contributed by atoms with van der Waals surface area (Å²) in [7, 11) is 0. The van der Waals surface area contributed by atoms with Gasteiger partial charge in [-0.15, -0.1) is 0 Å². The van der Waals surface area contributed by atoms with Crippen molar-refractivity contribution in [3.63, 3.8) is 0 Å². The summed E-state index contributed by atoms with van der Waals surface area (Å²) >= 11 is 9.04. The molecule has 1 aromatic heterocycles. The van der Waals surface area contributed by atoms with Crippen LogP contribution in [0, 0.1) is 12.7 Å².